The van der Waals surface area contributed by atoms with Crippen LogP contribution < -0.4 is 4.74 Å². The molecule has 7 heteroatoms. The van der Waals surface area contributed by atoms with E-state index >= 15 is 0 Å². The van der Waals surface area contributed by atoms with Crippen molar-refractivity contribution in [3.8, 4) is 5.75 Å². The monoisotopic (exact) mass is 361 g/mol. The van der Waals surface area contributed by atoms with Crippen LogP contribution in [0.3, 0.4) is 0 Å². The Kier molecular flexibility index (Phi) is 5.13. The minimum atomic E-state index is -0.652. The van der Waals surface area contributed by atoms with Crippen LogP contribution in [0.1, 0.15) is 57.9 Å². The van der Waals surface area contributed by atoms with E-state index in [1.54, 1.807) is 30.8 Å². The second-order valence-corrected chi connectivity index (χ2v) is 6.54. The third kappa shape index (κ3) is 3.42. The summed E-state index contributed by atoms with van der Waals surface area (Å²) in [6, 6.07) is 5.34. The zero-order valence-electron chi connectivity index (χ0n) is 14.3. The van der Waals surface area contributed by atoms with Gasteiger partial charge in [-0.1, -0.05) is 5.16 Å². The molecule has 1 aromatic heterocycles. The lowest BCUT2D eigenvalue weighted by Gasteiger charge is -2.10. The van der Waals surface area contributed by atoms with Crippen LogP contribution in [0.4, 0.5) is 0 Å². The molecule has 6 nitrogen and oxygen atoms in total. The van der Waals surface area contributed by atoms with Gasteiger partial charge >= 0.3 is 5.97 Å². The number of methoxy groups -OCH3 is 1. The first kappa shape index (κ1) is 17.5. The van der Waals surface area contributed by atoms with Gasteiger partial charge in [-0.3, -0.25) is 4.79 Å². The van der Waals surface area contributed by atoms with E-state index < -0.39 is 5.97 Å². The predicted molar refractivity (Wildman–Crippen MR) is 92.6 cm³/mol. The molecule has 1 aromatic carbocycles. The molecule has 0 saturated heterocycles. The molecular weight excluding hydrogens is 342 g/mol. The summed E-state index contributed by atoms with van der Waals surface area (Å²) >= 11 is 1.55. The number of rotatable bonds is 7. The molecule has 1 aliphatic carbocycles. The van der Waals surface area contributed by atoms with E-state index in [1.165, 1.54) is 7.11 Å². The largest absolute Gasteiger partial charge is 0.496 e. The van der Waals surface area contributed by atoms with Gasteiger partial charge in [0, 0.05) is 10.8 Å². The van der Waals surface area contributed by atoms with Gasteiger partial charge in [-0.15, -0.1) is 11.8 Å². The molecule has 3 rings (SSSR count). The Morgan fingerprint density at radius 3 is 2.72 bits per heavy atom. The average molecular weight is 361 g/mol. The highest BCUT2D eigenvalue weighted by molar-refractivity contribution is 7.98. The highest BCUT2D eigenvalue weighted by Crippen LogP contribution is 2.43. The van der Waals surface area contributed by atoms with Gasteiger partial charge in [0.2, 0.25) is 11.5 Å². The van der Waals surface area contributed by atoms with E-state index in [2.05, 4.69) is 5.16 Å². The number of benzene rings is 1. The fourth-order valence-electron chi connectivity index (χ4n) is 2.61. The number of carbonyl (C=O) groups is 2. The van der Waals surface area contributed by atoms with Crippen molar-refractivity contribution < 1.29 is 23.6 Å². The third-order valence-electron chi connectivity index (χ3n) is 4.02. The highest BCUT2D eigenvalue weighted by Gasteiger charge is 2.38. The van der Waals surface area contributed by atoms with Crippen LogP contribution >= 0.6 is 11.8 Å². The Labute approximate surface area is 149 Å². The van der Waals surface area contributed by atoms with E-state index in [-0.39, 0.29) is 29.6 Å². The zero-order valence-corrected chi connectivity index (χ0v) is 15.1. The van der Waals surface area contributed by atoms with Crippen LogP contribution in [-0.4, -0.2) is 36.9 Å². The molecule has 1 heterocycles. The Bertz CT molecular complexity index is 810. The summed E-state index contributed by atoms with van der Waals surface area (Å²) in [4.78, 5) is 26.3. The van der Waals surface area contributed by atoms with Gasteiger partial charge in [-0.25, -0.2) is 4.79 Å². The maximum atomic E-state index is 13.2. The number of hydrogen-bond acceptors (Lipinski definition) is 7. The predicted octanol–water partition coefficient (Wildman–Crippen LogP) is 3.69. The molecule has 0 N–H and O–H groups in total. The Morgan fingerprint density at radius 1 is 1.36 bits per heavy atom. The van der Waals surface area contributed by atoms with Crippen molar-refractivity contribution >= 4 is 23.5 Å². The number of thioether (sulfide) groups is 1. The topological polar surface area (TPSA) is 78.6 Å². The molecule has 0 radical (unpaired) electrons. The van der Waals surface area contributed by atoms with E-state index in [0.29, 0.717) is 17.1 Å². The van der Waals surface area contributed by atoms with Crippen LogP contribution in [-0.2, 0) is 4.74 Å². The van der Waals surface area contributed by atoms with Crippen LogP contribution in [0.2, 0.25) is 0 Å². The summed E-state index contributed by atoms with van der Waals surface area (Å²) in [5.41, 5.74) is 0.497. The summed E-state index contributed by atoms with van der Waals surface area (Å²) < 4.78 is 15.7. The molecule has 25 heavy (non-hydrogen) atoms. The van der Waals surface area contributed by atoms with Crippen LogP contribution in [0.25, 0.3) is 0 Å². The van der Waals surface area contributed by atoms with Crippen molar-refractivity contribution in [3.63, 3.8) is 0 Å². The fourth-order valence-corrected chi connectivity index (χ4v) is 3.03. The second-order valence-electron chi connectivity index (χ2n) is 5.66. The van der Waals surface area contributed by atoms with Crippen LogP contribution in [0.15, 0.2) is 27.6 Å². The summed E-state index contributed by atoms with van der Waals surface area (Å²) in [5.74, 6) is 0.0571. The Morgan fingerprint density at radius 2 is 2.12 bits per heavy atom. The Balaban J connectivity index is 2.07. The van der Waals surface area contributed by atoms with Gasteiger partial charge in [0.25, 0.3) is 0 Å². The molecule has 0 atom stereocenters. The van der Waals surface area contributed by atoms with E-state index in [4.69, 9.17) is 14.0 Å². The minimum Gasteiger partial charge on any atom is -0.496 e. The molecular formula is C18H19NO5S. The fraction of sp³-hybridized carbons (Fsp3) is 0.389. The molecule has 1 aliphatic rings. The van der Waals surface area contributed by atoms with E-state index in [1.807, 2.05) is 12.3 Å². The molecule has 0 aliphatic heterocycles. The standard InChI is InChI=1S/C18H19NO5S/c1-4-23-18(21)15-14(17(24-19-15)10-5-6-10)16(20)12-8-7-11(25-3)9-13(12)22-2/h7-10H,4-6H2,1-3H3. The zero-order chi connectivity index (χ0) is 18.0. The minimum absolute atomic E-state index is 0.0650. The van der Waals surface area contributed by atoms with Crippen molar-refractivity contribution in [2.24, 2.45) is 0 Å². The quantitative estimate of drug-likeness (QED) is 0.423. The summed E-state index contributed by atoms with van der Waals surface area (Å²) in [6.45, 7) is 1.90. The maximum absolute atomic E-state index is 13.2. The van der Waals surface area contributed by atoms with Gasteiger partial charge in [0.05, 0.1) is 19.3 Å². The smallest absolute Gasteiger partial charge is 0.361 e. The van der Waals surface area contributed by atoms with Gasteiger partial charge in [0.1, 0.15) is 11.3 Å². The van der Waals surface area contributed by atoms with Crippen molar-refractivity contribution in [3.05, 3.63) is 40.8 Å². The van der Waals surface area contributed by atoms with Crippen molar-refractivity contribution in [2.45, 2.75) is 30.6 Å². The first-order valence-electron chi connectivity index (χ1n) is 8.04. The van der Waals surface area contributed by atoms with Crippen LogP contribution in [0, 0.1) is 0 Å². The van der Waals surface area contributed by atoms with Crippen LogP contribution in [0.5, 0.6) is 5.75 Å². The Hall–Kier alpha value is -2.28. The summed E-state index contributed by atoms with van der Waals surface area (Å²) in [7, 11) is 1.51. The van der Waals surface area contributed by atoms with Gasteiger partial charge in [0.15, 0.2) is 5.76 Å². The number of esters is 1. The number of ether oxygens (including phenoxy) is 2. The summed E-state index contributed by atoms with van der Waals surface area (Å²) in [6.07, 6.45) is 3.78. The molecule has 0 unspecified atom stereocenters. The lowest BCUT2D eigenvalue weighted by Crippen LogP contribution is -2.14. The highest BCUT2D eigenvalue weighted by atomic mass is 32.2. The van der Waals surface area contributed by atoms with Gasteiger partial charge < -0.3 is 14.0 Å². The molecule has 0 spiro atoms. The number of carbonyl (C=O) groups excluding carboxylic acids is 2. The average Bonchev–Trinajstić information content (AvgIpc) is 3.38. The van der Waals surface area contributed by atoms with Gasteiger partial charge in [-0.2, -0.15) is 0 Å². The van der Waals surface area contributed by atoms with E-state index in [9.17, 15) is 9.59 Å². The molecule has 0 amide bonds. The molecule has 1 fully saturated rings. The maximum Gasteiger partial charge on any atom is 0.361 e. The third-order valence-corrected chi connectivity index (χ3v) is 4.74. The van der Waals surface area contributed by atoms with Crippen molar-refractivity contribution in [1.29, 1.82) is 0 Å². The van der Waals surface area contributed by atoms with E-state index in [0.717, 1.165) is 17.7 Å². The first-order chi connectivity index (χ1) is 12.1. The molecule has 132 valence electrons. The lowest BCUT2D eigenvalue weighted by molar-refractivity contribution is 0.0512. The van der Waals surface area contributed by atoms with Crippen molar-refractivity contribution in [2.75, 3.05) is 20.0 Å². The molecule has 2 aromatic rings. The normalized spacial score (nSPS) is 13.6. The lowest BCUT2D eigenvalue weighted by atomic mass is 9.99. The summed E-state index contributed by atoms with van der Waals surface area (Å²) in [5, 5.41) is 3.82. The van der Waals surface area contributed by atoms with Gasteiger partial charge in [-0.05, 0) is 44.2 Å². The molecule has 0 bridgehead atoms. The SMILES string of the molecule is CCOC(=O)c1noc(C2CC2)c1C(=O)c1ccc(SC)cc1OC. The number of aromatic nitrogens is 1. The number of nitrogens with zero attached hydrogens (tertiary/aromatic N) is 1. The second kappa shape index (κ2) is 7.31. The van der Waals surface area contributed by atoms with Crippen molar-refractivity contribution in [1.82, 2.24) is 5.16 Å². The number of ketones is 1. The number of hydrogen-bond donors (Lipinski definition) is 0. The first-order valence-corrected chi connectivity index (χ1v) is 9.26. The molecule has 1 saturated carbocycles.